The zero-order valence-corrected chi connectivity index (χ0v) is 12.2. The van der Waals surface area contributed by atoms with Gasteiger partial charge >= 0.3 is 6.03 Å². The number of rotatable bonds is 4. The SMILES string of the molecule is CCNC(=O)NC(=O)C(C)Nc1ccc(Br)cc1F. The zero-order chi connectivity index (χ0) is 14.4. The summed E-state index contributed by atoms with van der Waals surface area (Å²) in [4.78, 5) is 22.8. The van der Waals surface area contributed by atoms with E-state index in [9.17, 15) is 14.0 Å². The van der Waals surface area contributed by atoms with Crippen LogP contribution in [0, 0.1) is 5.82 Å². The van der Waals surface area contributed by atoms with Crippen molar-refractivity contribution in [2.24, 2.45) is 0 Å². The Bertz CT molecular complexity index is 482. The van der Waals surface area contributed by atoms with E-state index in [2.05, 4.69) is 31.9 Å². The maximum absolute atomic E-state index is 13.6. The minimum Gasteiger partial charge on any atom is -0.372 e. The van der Waals surface area contributed by atoms with Crippen LogP contribution in [0.2, 0.25) is 0 Å². The highest BCUT2D eigenvalue weighted by Crippen LogP contribution is 2.19. The Morgan fingerprint density at radius 3 is 2.68 bits per heavy atom. The van der Waals surface area contributed by atoms with E-state index in [0.29, 0.717) is 11.0 Å². The molecule has 104 valence electrons. The molecular weight excluding hydrogens is 317 g/mol. The fraction of sp³-hybridized carbons (Fsp3) is 0.333. The maximum Gasteiger partial charge on any atom is 0.321 e. The Morgan fingerprint density at radius 2 is 2.11 bits per heavy atom. The molecule has 0 aromatic heterocycles. The summed E-state index contributed by atoms with van der Waals surface area (Å²) in [6, 6.07) is 3.14. The second-order valence-corrected chi connectivity index (χ2v) is 4.75. The van der Waals surface area contributed by atoms with Crippen LogP contribution in [0.15, 0.2) is 22.7 Å². The Hall–Kier alpha value is -1.63. The Morgan fingerprint density at radius 1 is 1.42 bits per heavy atom. The van der Waals surface area contributed by atoms with Crippen LogP contribution in [-0.2, 0) is 4.79 Å². The summed E-state index contributed by atoms with van der Waals surface area (Å²) in [7, 11) is 0. The third-order valence-electron chi connectivity index (χ3n) is 2.27. The van der Waals surface area contributed by atoms with Gasteiger partial charge in [0.1, 0.15) is 11.9 Å². The number of urea groups is 1. The first kappa shape index (κ1) is 15.4. The van der Waals surface area contributed by atoms with Gasteiger partial charge in [-0.15, -0.1) is 0 Å². The average Bonchev–Trinajstić information content (AvgIpc) is 2.32. The van der Waals surface area contributed by atoms with Crippen molar-refractivity contribution in [1.82, 2.24) is 10.6 Å². The molecular formula is C12H15BrFN3O2. The number of halogens is 2. The fourth-order valence-corrected chi connectivity index (χ4v) is 1.66. The molecule has 0 aliphatic rings. The number of anilines is 1. The van der Waals surface area contributed by atoms with E-state index in [1.165, 1.54) is 19.1 Å². The molecule has 0 aliphatic heterocycles. The molecule has 0 saturated heterocycles. The highest BCUT2D eigenvalue weighted by Gasteiger charge is 2.16. The quantitative estimate of drug-likeness (QED) is 0.792. The van der Waals surface area contributed by atoms with Gasteiger partial charge in [0.2, 0.25) is 5.91 Å². The normalized spacial score (nSPS) is 11.6. The third kappa shape index (κ3) is 4.86. The lowest BCUT2D eigenvalue weighted by Crippen LogP contribution is -2.45. The molecule has 0 spiro atoms. The topological polar surface area (TPSA) is 70.2 Å². The van der Waals surface area contributed by atoms with Crippen molar-refractivity contribution < 1.29 is 14.0 Å². The first-order valence-corrected chi connectivity index (χ1v) is 6.53. The smallest absolute Gasteiger partial charge is 0.321 e. The van der Waals surface area contributed by atoms with E-state index in [1.807, 2.05) is 0 Å². The molecule has 0 bridgehead atoms. The molecule has 0 radical (unpaired) electrons. The van der Waals surface area contributed by atoms with Crippen LogP contribution in [0.1, 0.15) is 13.8 Å². The van der Waals surface area contributed by atoms with Gasteiger partial charge in [0, 0.05) is 11.0 Å². The number of benzene rings is 1. The summed E-state index contributed by atoms with van der Waals surface area (Å²) < 4.78 is 14.2. The molecule has 1 unspecified atom stereocenters. The van der Waals surface area contributed by atoms with Crippen LogP contribution in [0.3, 0.4) is 0 Å². The number of nitrogens with one attached hydrogen (secondary N) is 3. The van der Waals surface area contributed by atoms with E-state index >= 15 is 0 Å². The second-order valence-electron chi connectivity index (χ2n) is 3.84. The van der Waals surface area contributed by atoms with Gasteiger partial charge in [0.25, 0.3) is 0 Å². The van der Waals surface area contributed by atoms with Crippen molar-refractivity contribution in [1.29, 1.82) is 0 Å². The van der Waals surface area contributed by atoms with Gasteiger partial charge in [-0.1, -0.05) is 15.9 Å². The van der Waals surface area contributed by atoms with Gasteiger partial charge in [-0.2, -0.15) is 0 Å². The minimum absolute atomic E-state index is 0.196. The molecule has 0 heterocycles. The first-order chi connectivity index (χ1) is 8.93. The predicted molar refractivity (Wildman–Crippen MR) is 74.4 cm³/mol. The van der Waals surface area contributed by atoms with Crippen molar-refractivity contribution in [2.75, 3.05) is 11.9 Å². The van der Waals surface area contributed by atoms with Crippen molar-refractivity contribution >= 4 is 33.6 Å². The lowest BCUT2D eigenvalue weighted by Gasteiger charge is -2.15. The number of amides is 3. The molecule has 0 saturated carbocycles. The van der Waals surface area contributed by atoms with E-state index in [1.54, 1.807) is 13.0 Å². The van der Waals surface area contributed by atoms with Gasteiger partial charge in [-0.25, -0.2) is 9.18 Å². The van der Waals surface area contributed by atoms with Crippen molar-refractivity contribution in [3.05, 3.63) is 28.5 Å². The Labute approximate surface area is 119 Å². The standard InChI is InChI=1S/C12H15BrFN3O2/c1-3-15-12(19)17-11(18)7(2)16-10-5-4-8(13)6-9(10)14/h4-7,16H,3H2,1-2H3,(H2,15,17,18,19). The Kier molecular flexibility index (Phi) is 5.75. The molecule has 7 heteroatoms. The van der Waals surface area contributed by atoms with Crippen LogP contribution in [0.25, 0.3) is 0 Å². The molecule has 1 atom stereocenters. The van der Waals surface area contributed by atoms with Gasteiger partial charge < -0.3 is 10.6 Å². The van der Waals surface area contributed by atoms with Gasteiger partial charge in [0.15, 0.2) is 0 Å². The van der Waals surface area contributed by atoms with Crippen LogP contribution in [-0.4, -0.2) is 24.5 Å². The third-order valence-corrected chi connectivity index (χ3v) is 2.76. The number of hydrogen-bond donors (Lipinski definition) is 3. The van der Waals surface area contributed by atoms with Crippen LogP contribution in [0.5, 0.6) is 0 Å². The lowest BCUT2D eigenvalue weighted by molar-refractivity contribution is -0.120. The van der Waals surface area contributed by atoms with E-state index < -0.39 is 23.8 Å². The Balaban J connectivity index is 2.61. The molecule has 5 nitrogen and oxygen atoms in total. The van der Waals surface area contributed by atoms with Gasteiger partial charge in [-0.05, 0) is 32.0 Å². The molecule has 3 amide bonds. The van der Waals surface area contributed by atoms with Crippen LogP contribution >= 0.6 is 15.9 Å². The number of carbonyl (C=O) groups is 2. The number of hydrogen-bond acceptors (Lipinski definition) is 3. The highest BCUT2D eigenvalue weighted by molar-refractivity contribution is 9.10. The number of imide groups is 1. The summed E-state index contributed by atoms with van der Waals surface area (Å²) in [5.74, 6) is -1.01. The van der Waals surface area contributed by atoms with E-state index in [0.717, 1.165) is 0 Å². The van der Waals surface area contributed by atoms with E-state index in [-0.39, 0.29) is 5.69 Å². The van der Waals surface area contributed by atoms with Crippen molar-refractivity contribution in [3.63, 3.8) is 0 Å². The summed E-state index contributed by atoms with van der Waals surface area (Å²) in [6.07, 6.45) is 0. The molecule has 0 fully saturated rings. The zero-order valence-electron chi connectivity index (χ0n) is 10.6. The highest BCUT2D eigenvalue weighted by atomic mass is 79.9. The van der Waals surface area contributed by atoms with Crippen molar-refractivity contribution in [3.8, 4) is 0 Å². The summed E-state index contributed by atoms with van der Waals surface area (Å²) >= 11 is 3.14. The van der Waals surface area contributed by atoms with Crippen LogP contribution in [0.4, 0.5) is 14.9 Å². The first-order valence-electron chi connectivity index (χ1n) is 5.74. The molecule has 0 aliphatic carbocycles. The molecule has 3 N–H and O–H groups in total. The average molecular weight is 332 g/mol. The van der Waals surface area contributed by atoms with Crippen molar-refractivity contribution in [2.45, 2.75) is 19.9 Å². The summed E-state index contributed by atoms with van der Waals surface area (Å²) in [5.41, 5.74) is 0.196. The molecule has 1 aromatic carbocycles. The maximum atomic E-state index is 13.6. The van der Waals surface area contributed by atoms with Crippen LogP contribution < -0.4 is 16.0 Å². The monoisotopic (exact) mass is 331 g/mol. The molecule has 1 aromatic rings. The lowest BCUT2D eigenvalue weighted by atomic mass is 10.2. The largest absolute Gasteiger partial charge is 0.372 e. The second kappa shape index (κ2) is 7.08. The summed E-state index contributed by atoms with van der Waals surface area (Å²) in [5, 5.41) is 7.28. The van der Waals surface area contributed by atoms with Gasteiger partial charge in [0.05, 0.1) is 5.69 Å². The number of carbonyl (C=O) groups excluding carboxylic acids is 2. The summed E-state index contributed by atoms with van der Waals surface area (Å²) in [6.45, 7) is 3.70. The van der Waals surface area contributed by atoms with Gasteiger partial charge in [-0.3, -0.25) is 10.1 Å². The fourth-order valence-electron chi connectivity index (χ4n) is 1.33. The van der Waals surface area contributed by atoms with E-state index in [4.69, 9.17) is 0 Å². The minimum atomic E-state index is -0.738. The molecule has 1 rings (SSSR count). The molecule has 19 heavy (non-hydrogen) atoms. The predicted octanol–water partition coefficient (Wildman–Crippen LogP) is 2.23.